The van der Waals surface area contributed by atoms with Crippen molar-refractivity contribution in [3.63, 3.8) is 0 Å². The molecule has 0 atom stereocenters. The van der Waals surface area contributed by atoms with Crippen LogP contribution in [0.25, 0.3) is 0 Å². The van der Waals surface area contributed by atoms with Crippen LogP contribution in [0.5, 0.6) is 5.75 Å². The van der Waals surface area contributed by atoms with Gasteiger partial charge in [-0.15, -0.1) is 0 Å². The highest BCUT2D eigenvalue weighted by atomic mass is 16.5. The van der Waals surface area contributed by atoms with Gasteiger partial charge in [-0.05, 0) is 37.1 Å². The Morgan fingerprint density at radius 1 is 1.15 bits per heavy atom. The average Bonchev–Trinajstić information content (AvgIpc) is 2.49. The molecule has 1 aromatic rings. The van der Waals surface area contributed by atoms with Crippen LogP contribution in [0, 0.1) is 6.92 Å². The van der Waals surface area contributed by atoms with E-state index in [1.165, 1.54) is 30.5 Å². The number of benzene rings is 1. The van der Waals surface area contributed by atoms with Gasteiger partial charge in [-0.1, -0.05) is 26.2 Å². The van der Waals surface area contributed by atoms with Crippen molar-refractivity contribution in [3.8, 4) is 5.75 Å². The van der Waals surface area contributed by atoms with Gasteiger partial charge in [0, 0.05) is 18.8 Å². The summed E-state index contributed by atoms with van der Waals surface area (Å²) in [5.41, 5.74) is 2.51. The first-order chi connectivity index (χ1) is 9.81. The van der Waals surface area contributed by atoms with Gasteiger partial charge in [0.15, 0.2) is 0 Å². The molecule has 0 unspecified atom stereocenters. The van der Waals surface area contributed by atoms with Crippen molar-refractivity contribution >= 4 is 5.69 Å². The van der Waals surface area contributed by atoms with E-state index >= 15 is 0 Å². The molecular formula is C17H27NO2. The van der Waals surface area contributed by atoms with Crippen LogP contribution in [0.4, 0.5) is 5.69 Å². The van der Waals surface area contributed by atoms with E-state index in [0.717, 1.165) is 45.1 Å². The molecular weight excluding hydrogens is 250 g/mol. The minimum absolute atomic E-state index is 0.828. The Kier molecular flexibility index (Phi) is 6.19. The Labute approximate surface area is 122 Å². The molecule has 1 aromatic carbocycles. The minimum atomic E-state index is 0.828. The normalized spacial score (nSPS) is 15.4. The summed E-state index contributed by atoms with van der Waals surface area (Å²) in [5, 5.41) is 0. The summed E-state index contributed by atoms with van der Waals surface area (Å²) < 4.78 is 11.3. The Morgan fingerprint density at radius 2 is 1.95 bits per heavy atom. The molecule has 1 fully saturated rings. The first-order valence-corrected chi connectivity index (χ1v) is 7.87. The molecule has 0 bridgehead atoms. The van der Waals surface area contributed by atoms with E-state index in [2.05, 4.69) is 36.9 Å². The van der Waals surface area contributed by atoms with E-state index < -0.39 is 0 Å². The van der Waals surface area contributed by atoms with Gasteiger partial charge in [0.25, 0.3) is 0 Å². The highest BCUT2D eigenvalue weighted by Crippen LogP contribution is 2.25. The van der Waals surface area contributed by atoms with Crippen LogP contribution in [0.2, 0.25) is 0 Å². The van der Waals surface area contributed by atoms with Crippen LogP contribution in [-0.2, 0) is 4.74 Å². The van der Waals surface area contributed by atoms with Gasteiger partial charge in [0.1, 0.15) is 5.75 Å². The largest absolute Gasteiger partial charge is 0.493 e. The number of rotatable bonds is 7. The maximum absolute atomic E-state index is 5.88. The van der Waals surface area contributed by atoms with Gasteiger partial charge in [-0.3, -0.25) is 0 Å². The molecule has 112 valence electrons. The third kappa shape index (κ3) is 4.41. The molecule has 20 heavy (non-hydrogen) atoms. The Balaban J connectivity index is 1.85. The van der Waals surface area contributed by atoms with Crippen molar-refractivity contribution in [2.75, 3.05) is 37.8 Å². The summed E-state index contributed by atoms with van der Waals surface area (Å²) >= 11 is 0. The van der Waals surface area contributed by atoms with Crippen LogP contribution in [0.1, 0.15) is 38.2 Å². The first-order valence-electron chi connectivity index (χ1n) is 7.87. The summed E-state index contributed by atoms with van der Waals surface area (Å²) in [4.78, 5) is 2.38. The van der Waals surface area contributed by atoms with Crippen LogP contribution >= 0.6 is 0 Å². The molecule has 0 aromatic heterocycles. The van der Waals surface area contributed by atoms with Crippen molar-refractivity contribution in [3.05, 3.63) is 23.8 Å². The molecule has 1 saturated heterocycles. The molecule has 1 aliphatic heterocycles. The molecule has 2 rings (SSSR count). The van der Waals surface area contributed by atoms with Crippen LogP contribution in [0.3, 0.4) is 0 Å². The van der Waals surface area contributed by atoms with Crippen molar-refractivity contribution in [2.45, 2.75) is 39.5 Å². The van der Waals surface area contributed by atoms with Crippen LogP contribution in [-0.4, -0.2) is 32.9 Å². The topological polar surface area (TPSA) is 21.7 Å². The second kappa shape index (κ2) is 8.15. The third-order valence-electron chi connectivity index (χ3n) is 3.79. The summed E-state index contributed by atoms with van der Waals surface area (Å²) in [7, 11) is 0. The number of hydrogen-bond acceptors (Lipinski definition) is 3. The molecule has 0 radical (unpaired) electrons. The highest BCUT2D eigenvalue weighted by molar-refractivity contribution is 5.53. The fraction of sp³-hybridized carbons (Fsp3) is 0.647. The number of unbranched alkanes of at least 4 members (excludes halogenated alkanes) is 3. The number of hydrogen-bond donors (Lipinski definition) is 0. The maximum atomic E-state index is 5.88. The Morgan fingerprint density at radius 3 is 2.65 bits per heavy atom. The number of morpholine rings is 1. The van der Waals surface area contributed by atoms with E-state index in [4.69, 9.17) is 9.47 Å². The van der Waals surface area contributed by atoms with Crippen molar-refractivity contribution < 1.29 is 9.47 Å². The predicted molar refractivity (Wildman–Crippen MR) is 83.8 cm³/mol. The lowest BCUT2D eigenvalue weighted by Gasteiger charge is -2.29. The van der Waals surface area contributed by atoms with Gasteiger partial charge in [0.05, 0.1) is 19.8 Å². The molecule has 1 heterocycles. The Hall–Kier alpha value is -1.22. The van der Waals surface area contributed by atoms with E-state index in [0.29, 0.717) is 0 Å². The monoisotopic (exact) mass is 277 g/mol. The molecule has 1 aliphatic rings. The quantitative estimate of drug-likeness (QED) is 0.708. The zero-order chi connectivity index (χ0) is 14.2. The fourth-order valence-electron chi connectivity index (χ4n) is 2.52. The van der Waals surface area contributed by atoms with E-state index in [1.54, 1.807) is 0 Å². The summed E-state index contributed by atoms with van der Waals surface area (Å²) in [5.74, 6) is 1.03. The van der Waals surface area contributed by atoms with Crippen molar-refractivity contribution in [2.24, 2.45) is 0 Å². The predicted octanol–water partition coefficient (Wildman–Crippen LogP) is 3.79. The lowest BCUT2D eigenvalue weighted by molar-refractivity contribution is 0.122. The lowest BCUT2D eigenvalue weighted by Crippen LogP contribution is -2.36. The summed E-state index contributed by atoms with van der Waals surface area (Å²) in [6, 6.07) is 6.51. The van der Waals surface area contributed by atoms with E-state index in [1.807, 2.05) is 0 Å². The summed E-state index contributed by atoms with van der Waals surface area (Å²) in [6.07, 6.45) is 4.99. The first kappa shape index (κ1) is 15.2. The third-order valence-corrected chi connectivity index (χ3v) is 3.79. The summed E-state index contributed by atoms with van der Waals surface area (Å²) in [6.45, 7) is 8.81. The molecule has 0 saturated carbocycles. The number of aryl methyl sites for hydroxylation is 1. The van der Waals surface area contributed by atoms with Gasteiger partial charge in [0.2, 0.25) is 0 Å². The standard InChI is InChI=1S/C17H27NO2/c1-3-4-5-6-11-20-17-8-7-16(14-15(17)2)18-9-12-19-13-10-18/h7-8,14H,3-6,9-13H2,1-2H3. The maximum Gasteiger partial charge on any atom is 0.122 e. The number of anilines is 1. The molecule has 3 heteroatoms. The molecule has 0 N–H and O–H groups in total. The molecule has 3 nitrogen and oxygen atoms in total. The zero-order valence-electron chi connectivity index (χ0n) is 12.9. The minimum Gasteiger partial charge on any atom is -0.493 e. The molecule has 0 aliphatic carbocycles. The average molecular weight is 277 g/mol. The highest BCUT2D eigenvalue weighted by Gasteiger charge is 2.12. The van der Waals surface area contributed by atoms with Gasteiger partial charge in [-0.25, -0.2) is 0 Å². The number of nitrogens with zero attached hydrogens (tertiary/aromatic N) is 1. The smallest absolute Gasteiger partial charge is 0.122 e. The SMILES string of the molecule is CCCCCCOc1ccc(N2CCOCC2)cc1C. The second-order valence-corrected chi connectivity index (χ2v) is 5.46. The van der Waals surface area contributed by atoms with E-state index in [-0.39, 0.29) is 0 Å². The molecule has 0 amide bonds. The van der Waals surface area contributed by atoms with Crippen LogP contribution < -0.4 is 9.64 Å². The van der Waals surface area contributed by atoms with Gasteiger partial charge >= 0.3 is 0 Å². The van der Waals surface area contributed by atoms with Crippen LogP contribution in [0.15, 0.2) is 18.2 Å². The number of ether oxygens (including phenoxy) is 2. The zero-order valence-corrected chi connectivity index (χ0v) is 12.9. The van der Waals surface area contributed by atoms with Crippen molar-refractivity contribution in [1.82, 2.24) is 0 Å². The Bertz CT molecular complexity index is 400. The lowest BCUT2D eigenvalue weighted by atomic mass is 10.1. The second-order valence-electron chi connectivity index (χ2n) is 5.46. The fourth-order valence-corrected chi connectivity index (χ4v) is 2.52. The molecule has 0 spiro atoms. The van der Waals surface area contributed by atoms with Crippen molar-refractivity contribution in [1.29, 1.82) is 0 Å². The van der Waals surface area contributed by atoms with Gasteiger partial charge < -0.3 is 14.4 Å². The van der Waals surface area contributed by atoms with E-state index in [9.17, 15) is 0 Å². The van der Waals surface area contributed by atoms with Gasteiger partial charge in [-0.2, -0.15) is 0 Å².